The largest absolute Gasteiger partial charge is 0.464 e. The molecule has 0 aliphatic carbocycles. The molecule has 0 fully saturated rings. The summed E-state index contributed by atoms with van der Waals surface area (Å²) >= 11 is 0. The molecule has 0 radical (unpaired) electrons. The van der Waals surface area contributed by atoms with Crippen molar-refractivity contribution in [3.8, 4) is 0 Å². The molecule has 0 aromatic heterocycles. The van der Waals surface area contributed by atoms with Crippen molar-refractivity contribution in [3.05, 3.63) is 58.6 Å². The maximum absolute atomic E-state index is 11.0. The van der Waals surface area contributed by atoms with Gasteiger partial charge >= 0.3 is 11.9 Å². The minimum atomic E-state index is -0.478. The van der Waals surface area contributed by atoms with Crippen molar-refractivity contribution in [2.75, 3.05) is 31.2 Å². The van der Waals surface area contributed by atoms with E-state index in [1.165, 1.54) is 38.1 Å². The molecule has 0 saturated heterocycles. The summed E-state index contributed by atoms with van der Waals surface area (Å²) in [6, 6.07) is 12.9. The van der Waals surface area contributed by atoms with E-state index in [2.05, 4.69) is 10.2 Å². The summed E-state index contributed by atoms with van der Waals surface area (Å²) in [5.41, 5.74) is 1.91. The summed E-state index contributed by atoms with van der Waals surface area (Å²) in [6.45, 7) is 3.96. The molecule has 30 heavy (non-hydrogen) atoms. The topological polar surface area (TPSA) is 124 Å². The molecule has 0 amide bonds. The molecule has 0 heterocycles. The second kappa shape index (κ2) is 11.2. The van der Waals surface area contributed by atoms with Crippen molar-refractivity contribution >= 4 is 34.7 Å². The number of nitro groups is 1. The van der Waals surface area contributed by atoms with Crippen LogP contribution in [0.3, 0.4) is 0 Å². The van der Waals surface area contributed by atoms with Gasteiger partial charge in [0.2, 0.25) is 0 Å². The predicted molar refractivity (Wildman–Crippen MR) is 109 cm³/mol. The number of azo groups is 1. The quantitative estimate of drug-likeness (QED) is 0.249. The lowest BCUT2D eigenvalue weighted by atomic mass is 10.2. The van der Waals surface area contributed by atoms with Crippen LogP contribution in [0.15, 0.2) is 58.8 Å². The Kier molecular flexibility index (Phi) is 8.42. The average Bonchev–Trinajstić information content (AvgIpc) is 2.71. The van der Waals surface area contributed by atoms with Gasteiger partial charge in [-0.2, -0.15) is 10.2 Å². The van der Waals surface area contributed by atoms with E-state index in [0.29, 0.717) is 24.5 Å². The van der Waals surface area contributed by atoms with Crippen LogP contribution in [0.5, 0.6) is 0 Å². The summed E-state index contributed by atoms with van der Waals surface area (Å²) in [5.74, 6) is -0.728. The van der Waals surface area contributed by atoms with Crippen LogP contribution in [0.2, 0.25) is 0 Å². The van der Waals surface area contributed by atoms with Gasteiger partial charge in [-0.05, 0) is 36.4 Å². The van der Waals surface area contributed by atoms with Gasteiger partial charge in [-0.3, -0.25) is 19.7 Å². The standard InChI is InChI=1S/C20H22N4O6/c1-15(25)29-13-11-23(12-14-30-16(2)26)19-7-3-17(4-8-19)21-22-18-5-9-20(10-6-18)24(27)28/h3-10H,11-14H2,1-2H3. The highest BCUT2D eigenvalue weighted by Crippen LogP contribution is 2.23. The van der Waals surface area contributed by atoms with E-state index in [1.54, 1.807) is 12.1 Å². The van der Waals surface area contributed by atoms with E-state index in [9.17, 15) is 19.7 Å². The highest BCUT2D eigenvalue weighted by Gasteiger charge is 2.09. The lowest BCUT2D eigenvalue weighted by Crippen LogP contribution is -2.31. The van der Waals surface area contributed by atoms with Gasteiger partial charge in [0.05, 0.1) is 29.4 Å². The lowest BCUT2D eigenvalue weighted by Gasteiger charge is -2.24. The van der Waals surface area contributed by atoms with Gasteiger partial charge in [0, 0.05) is 31.7 Å². The average molecular weight is 414 g/mol. The van der Waals surface area contributed by atoms with Gasteiger partial charge in [0.15, 0.2) is 0 Å². The fourth-order valence-corrected chi connectivity index (χ4v) is 2.46. The van der Waals surface area contributed by atoms with E-state index in [-0.39, 0.29) is 30.8 Å². The Morgan fingerprint density at radius 2 is 1.30 bits per heavy atom. The minimum Gasteiger partial charge on any atom is -0.464 e. The molecular weight excluding hydrogens is 392 g/mol. The molecule has 2 rings (SSSR count). The summed E-state index contributed by atoms with van der Waals surface area (Å²) in [6.07, 6.45) is 0. The van der Waals surface area contributed by atoms with E-state index in [1.807, 2.05) is 17.0 Å². The second-order valence-corrected chi connectivity index (χ2v) is 6.16. The van der Waals surface area contributed by atoms with Crippen molar-refractivity contribution < 1.29 is 24.0 Å². The SMILES string of the molecule is CC(=O)OCCN(CCOC(C)=O)c1ccc(N=Nc2ccc([N+](=O)[O-])cc2)cc1. The van der Waals surface area contributed by atoms with Crippen LogP contribution in [0.1, 0.15) is 13.8 Å². The van der Waals surface area contributed by atoms with Gasteiger partial charge in [-0.1, -0.05) is 0 Å². The molecule has 2 aromatic rings. The maximum atomic E-state index is 11.0. The highest BCUT2D eigenvalue weighted by atomic mass is 16.6. The first-order valence-electron chi connectivity index (χ1n) is 9.13. The van der Waals surface area contributed by atoms with E-state index < -0.39 is 4.92 Å². The number of benzene rings is 2. The third-order valence-electron chi connectivity index (χ3n) is 3.89. The number of hydrogen-bond acceptors (Lipinski definition) is 9. The minimum absolute atomic E-state index is 0.0131. The van der Waals surface area contributed by atoms with Crippen LogP contribution in [-0.2, 0) is 19.1 Å². The summed E-state index contributed by atoms with van der Waals surface area (Å²) in [7, 11) is 0. The normalized spacial score (nSPS) is 10.6. The number of carbonyl (C=O) groups is 2. The molecular formula is C20H22N4O6. The van der Waals surface area contributed by atoms with Gasteiger partial charge < -0.3 is 14.4 Å². The molecule has 0 bridgehead atoms. The summed E-state index contributed by atoms with van der Waals surface area (Å²) in [5, 5.41) is 18.9. The zero-order valence-corrected chi connectivity index (χ0v) is 16.7. The smallest absolute Gasteiger partial charge is 0.302 e. The first-order valence-corrected chi connectivity index (χ1v) is 9.13. The van der Waals surface area contributed by atoms with Crippen molar-refractivity contribution in [1.29, 1.82) is 0 Å². The van der Waals surface area contributed by atoms with Crippen LogP contribution in [-0.4, -0.2) is 43.2 Å². The molecule has 0 aliphatic heterocycles. The maximum Gasteiger partial charge on any atom is 0.302 e. The van der Waals surface area contributed by atoms with Gasteiger partial charge in [0.25, 0.3) is 5.69 Å². The Labute approximate surface area is 173 Å². The number of nitrogens with zero attached hydrogens (tertiary/aromatic N) is 4. The van der Waals surface area contributed by atoms with Gasteiger partial charge in [-0.15, -0.1) is 0 Å². The molecule has 0 N–H and O–H groups in total. The molecule has 0 unspecified atom stereocenters. The van der Waals surface area contributed by atoms with Crippen LogP contribution in [0, 0.1) is 10.1 Å². The summed E-state index contributed by atoms with van der Waals surface area (Å²) in [4.78, 5) is 34.1. The number of non-ortho nitro benzene ring substituents is 1. The Balaban J connectivity index is 2.03. The molecule has 0 aliphatic rings. The summed E-state index contributed by atoms with van der Waals surface area (Å²) < 4.78 is 9.98. The van der Waals surface area contributed by atoms with Gasteiger partial charge in [-0.25, -0.2) is 0 Å². The molecule has 0 spiro atoms. The van der Waals surface area contributed by atoms with Crippen molar-refractivity contribution in [2.24, 2.45) is 10.2 Å². The number of hydrogen-bond donors (Lipinski definition) is 0. The zero-order valence-electron chi connectivity index (χ0n) is 16.7. The predicted octanol–water partition coefficient (Wildman–Crippen LogP) is 3.94. The monoisotopic (exact) mass is 414 g/mol. The second-order valence-electron chi connectivity index (χ2n) is 6.16. The Bertz CT molecular complexity index is 877. The molecule has 158 valence electrons. The molecule has 0 saturated carbocycles. The van der Waals surface area contributed by atoms with Crippen LogP contribution >= 0.6 is 0 Å². The number of nitro benzene ring substituents is 1. The molecule has 10 heteroatoms. The number of anilines is 1. The van der Waals surface area contributed by atoms with Crippen LogP contribution < -0.4 is 4.90 Å². The number of ether oxygens (including phenoxy) is 2. The van der Waals surface area contributed by atoms with E-state index in [4.69, 9.17) is 9.47 Å². The molecule has 10 nitrogen and oxygen atoms in total. The van der Waals surface area contributed by atoms with E-state index >= 15 is 0 Å². The number of rotatable bonds is 10. The molecule has 2 aromatic carbocycles. The number of esters is 2. The third kappa shape index (κ3) is 7.66. The lowest BCUT2D eigenvalue weighted by molar-refractivity contribution is -0.384. The van der Waals surface area contributed by atoms with Gasteiger partial charge in [0.1, 0.15) is 13.2 Å². The van der Waals surface area contributed by atoms with Crippen molar-refractivity contribution in [1.82, 2.24) is 0 Å². The Morgan fingerprint density at radius 1 is 0.867 bits per heavy atom. The fraction of sp³-hybridized carbons (Fsp3) is 0.300. The Morgan fingerprint density at radius 3 is 1.70 bits per heavy atom. The zero-order chi connectivity index (χ0) is 21.9. The first kappa shape index (κ1) is 22.5. The Hall–Kier alpha value is -3.82. The first-order chi connectivity index (χ1) is 14.3. The molecule has 0 atom stereocenters. The van der Waals surface area contributed by atoms with Crippen LogP contribution in [0.25, 0.3) is 0 Å². The van der Waals surface area contributed by atoms with E-state index in [0.717, 1.165) is 5.69 Å². The van der Waals surface area contributed by atoms with Crippen molar-refractivity contribution in [2.45, 2.75) is 13.8 Å². The highest BCUT2D eigenvalue weighted by molar-refractivity contribution is 5.66. The third-order valence-corrected chi connectivity index (χ3v) is 3.89. The van der Waals surface area contributed by atoms with Crippen molar-refractivity contribution in [3.63, 3.8) is 0 Å². The fourth-order valence-electron chi connectivity index (χ4n) is 2.46. The number of carbonyl (C=O) groups excluding carboxylic acids is 2. The van der Waals surface area contributed by atoms with Crippen LogP contribution in [0.4, 0.5) is 22.7 Å².